The quantitative estimate of drug-likeness (QED) is 0.732. The van der Waals surface area contributed by atoms with E-state index in [1.54, 1.807) is 18.2 Å². The van der Waals surface area contributed by atoms with Crippen LogP contribution in [0.4, 0.5) is 14.7 Å². The van der Waals surface area contributed by atoms with Crippen LogP contribution in [0.1, 0.15) is 6.55 Å². The second-order valence-corrected chi connectivity index (χ2v) is 3.76. The summed E-state index contributed by atoms with van der Waals surface area (Å²) in [4.78, 5) is 10.9. The molecule has 0 saturated heterocycles. The molecule has 2 aromatic heterocycles. The summed E-state index contributed by atoms with van der Waals surface area (Å²) in [6, 6.07) is 5.20. The number of aromatic amines is 1. The SMILES string of the molecule is Nc1nc2c(-c3nccn3C(F)F)cccc2[nH]1. The van der Waals surface area contributed by atoms with Crippen LogP contribution < -0.4 is 5.73 Å². The Morgan fingerprint density at radius 2 is 2.17 bits per heavy atom. The highest BCUT2D eigenvalue weighted by Gasteiger charge is 2.16. The molecule has 0 aliphatic heterocycles. The third-order valence-corrected chi connectivity index (χ3v) is 2.65. The van der Waals surface area contributed by atoms with E-state index in [2.05, 4.69) is 15.0 Å². The predicted octanol–water partition coefficient (Wildman–Crippen LogP) is 2.40. The van der Waals surface area contributed by atoms with Gasteiger partial charge in [-0.05, 0) is 12.1 Å². The molecule has 0 fully saturated rings. The van der Waals surface area contributed by atoms with E-state index in [1.807, 2.05) is 0 Å². The van der Waals surface area contributed by atoms with Crippen LogP contribution in [0.25, 0.3) is 22.4 Å². The number of aromatic nitrogens is 4. The first-order chi connectivity index (χ1) is 8.66. The van der Waals surface area contributed by atoms with Crippen LogP contribution in [0.2, 0.25) is 0 Å². The first-order valence-electron chi connectivity index (χ1n) is 5.22. The summed E-state index contributed by atoms with van der Waals surface area (Å²) < 4.78 is 26.4. The van der Waals surface area contributed by atoms with Crippen molar-refractivity contribution in [3.05, 3.63) is 30.6 Å². The average molecular weight is 249 g/mol. The lowest BCUT2D eigenvalue weighted by molar-refractivity contribution is 0.0720. The van der Waals surface area contributed by atoms with E-state index in [1.165, 1.54) is 12.4 Å². The summed E-state index contributed by atoms with van der Waals surface area (Å²) in [5.74, 6) is 0.412. The number of alkyl halides is 2. The molecule has 0 aliphatic rings. The molecule has 18 heavy (non-hydrogen) atoms. The third-order valence-electron chi connectivity index (χ3n) is 2.65. The summed E-state index contributed by atoms with van der Waals surface area (Å²) in [6.07, 6.45) is 2.56. The van der Waals surface area contributed by atoms with Crippen molar-refractivity contribution in [3.63, 3.8) is 0 Å². The van der Waals surface area contributed by atoms with Crippen LogP contribution >= 0.6 is 0 Å². The number of para-hydroxylation sites is 1. The van der Waals surface area contributed by atoms with Crippen molar-refractivity contribution in [2.75, 3.05) is 5.73 Å². The van der Waals surface area contributed by atoms with Gasteiger partial charge in [0.15, 0.2) is 5.95 Å². The summed E-state index contributed by atoms with van der Waals surface area (Å²) >= 11 is 0. The fraction of sp³-hybridized carbons (Fsp3) is 0.0909. The summed E-state index contributed by atoms with van der Waals surface area (Å²) in [5.41, 5.74) is 7.31. The van der Waals surface area contributed by atoms with Crippen molar-refractivity contribution in [3.8, 4) is 11.4 Å². The van der Waals surface area contributed by atoms with Gasteiger partial charge in [0.05, 0.1) is 5.52 Å². The summed E-state index contributed by atoms with van der Waals surface area (Å²) in [6.45, 7) is -2.64. The molecule has 3 N–H and O–H groups in total. The van der Waals surface area contributed by atoms with Gasteiger partial charge in [-0.1, -0.05) is 6.07 Å². The first kappa shape index (κ1) is 10.7. The zero-order valence-electron chi connectivity index (χ0n) is 9.14. The molecule has 3 rings (SSSR count). The minimum Gasteiger partial charge on any atom is -0.369 e. The second kappa shape index (κ2) is 3.80. The fourth-order valence-corrected chi connectivity index (χ4v) is 1.91. The van der Waals surface area contributed by atoms with Gasteiger partial charge in [-0.15, -0.1) is 0 Å². The van der Waals surface area contributed by atoms with Gasteiger partial charge in [-0.25, -0.2) is 9.97 Å². The Morgan fingerprint density at radius 1 is 1.33 bits per heavy atom. The molecular formula is C11H9F2N5. The Labute approximate surface area is 100 Å². The van der Waals surface area contributed by atoms with Crippen molar-refractivity contribution < 1.29 is 8.78 Å². The molecule has 0 bridgehead atoms. The zero-order valence-corrected chi connectivity index (χ0v) is 9.14. The van der Waals surface area contributed by atoms with Crippen molar-refractivity contribution in [1.29, 1.82) is 0 Å². The van der Waals surface area contributed by atoms with Crippen LogP contribution in [0.5, 0.6) is 0 Å². The van der Waals surface area contributed by atoms with Crippen molar-refractivity contribution >= 4 is 17.0 Å². The highest BCUT2D eigenvalue weighted by molar-refractivity contribution is 5.91. The van der Waals surface area contributed by atoms with Gasteiger partial charge in [-0.2, -0.15) is 8.78 Å². The molecule has 3 aromatic rings. The van der Waals surface area contributed by atoms with E-state index in [0.717, 1.165) is 4.57 Å². The smallest absolute Gasteiger partial charge is 0.320 e. The maximum Gasteiger partial charge on any atom is 0.320 e. The zero-order chi connectivity index (χ0) is 12.7. The molecule has 0 saturated carbocycles. The largest absolute Gasteiger partial charge is 0.369 e. The van der Waals surface area contributed by atoms with E-state index in [-0.39, 0.29) is 11.8 Å². The number of benzene rings is 1. The Morgan fingerprint density at radius 3 is 2.94 bits per heavy atom. The summed E-state index contributed by atoms with van der Waals surface area (Å²) in [5, 5.41) is 0. The van der Waals surface area contributed by atoms with Crippen LogP contribution in [-0.4, -0.2) is 19.5 Å². The van der Waals surface area contributed by atoms with E-state index in [9.17, 15) is 8.78 Å². The van der Waals surface area contributed by atoms with Gasteiger partial charge in [-0.3, -0.25) is 4.57 Å². The normalized spacial score (nSPS) is 11.5. The molecule has 0 radical (unpaired) electrons. The van der Waals surface area contributed by atoms with Crippen LogP contribution in [0, 0.1) is 0 Å². The van der Waals surface area contributed by atoms with Crippen molar-refractivity contribution in [2.24, 2.45) is 0 Å². The molecule has 0 spiro atoms. The molecule has 0 unspecified atom stereocenters. The number of nitrogens with two attached hydrogens (primary N) is 1. The molecule has 2 heterocycles. The number of rotatable bonds is 2. The Hall–Kier alpha value is -2.44. The highest BCUT2D eigenvalue weighted by atomic mass is 19.3. The van der Waals surface area contributed by atoms with E-state index in [4.69, 9.17) is 5.73 Å². The number of H-pyrrole nitrogens is 1. The van der Waals surface area contributed by atoms with Crippen molar-refractivity contribution in [2.45, 2.75) is 6.55 Å². The Balaban J connectivity index is 2.28. The van der Waals surface area contributed by atoms with E-state index >= 15 is 0 Å². The topological polar surface area (TPSA) is 72.5 Å². The standard InChI is InChI=1S/C11H9F2N5/c12-10(13)18-5-4-15-9(18)6-2-1-3-7-8(6)17-11(14)16-7/h1-5,10H,(H3,14,16,17). The number of imidazole rings is 2. The van der Waals surface area contributed by atoms with Gasteiger partial charge in [0.25, 0.3) is 0 Å². The minimum absolute atomic E-state index is 0.169. The van der Waals surface area contributed by atoms with Gasteiger partial charge >= 0.3 is 6.55 Å². The number of anilines is 1. The van der Waals surface area contributed by atoms with Gasteiger partial charge < -0.3 is 10.7 Å². The molecule has 0 aliphatic carbocycles. The maximum atomic E-state index is 12.8. The van der Waals surface area contributed by atoms with Gasteiger partial charge in [0, 0.05) is 18.0 Å². The molecular weight excluding hydrogens is 240 g/mol. The molecule has 1 aromatic carbocycles. The van der Waals surface area contributed by atoms with E-state index in [0.29, 0.717) is 16.6 Å². The Bertz CT molecular complexity index is 700. The van der Waals surface area contributed by atoms with Gasteiger partial charge in [0.2, 0.25) is 0 Å². The monoisotopic (exact) mass is 249 g/mol. The molecule has 92 valence electrons. The number of nitrogens with zero attached hydrogens (tertiary/aromatic N) is 3. The predicted molar refractivity (Wildman–Crippen MR) is 63.0 cm³/mol. The van der Waals surface area contributed by atoms with Crippen LogP contribution in [0.3, 0.4) is 0 Å². The minimum atomic E-state index is -2.64. The van der Waals surface area contributed by atoms with E-state index < -0.39 is 6.55 Å². The molecule has 5 nitrogen and oxygen atoms in total. The number of nitrogens with one attached hydrogen (secondary N) is 1. The second-order valence-electron chi connectivity index (χ2n) is 3.76. The molecule has 0 amide bonds. The molecule has 7 heteroatoms. The number of hydrogen-bond acceptors (Lipinski definition) is 3. The van der Waals surface area contributed by atoms with Gasteiger partial charge in [0.1, 0.15) is 11.3 Å². The third kappa shape index (κ3) is 1.52. The van der Waals surface area contributed by atoms with Crippen LogP contribution in [0.15, 0.2) is 30.6 Å². The first-order valence-corrected chi connectivity index (χ1v) is 5.22. The summed E-state index contributed by atoms with van der Waals surface area (Å²) in [7, 11) is 0. The average Bonchev–Trinajstić information content (AvgIpc) is 2.92. The van der Waals surface area contributed by atoms with Crippen LogP contribution in [-0.2, 0) is 0 Å². The van der Waals surface area contributed by atoms with Crippen molar-refractivity contribution in [1.82, 2.24) is 19.5 Å². The lowest BCUT2D eigenvalue weighted by Gasteiger charge is -2.06. The lowest BCUT2D eigenvalue weighted by atomic mass is 10.1. The lowest BCUT2D eigenvalue weighted by Crippen LogP contribution is -1.99. The molecule has 0 atom stereocenters. The fourth-order valence-electron chi connectivity index (χ4n) is 1.91. The number of nitrogen functional groups attached to an aromatic ring is 1. The highest BCUT2D eigenvalue weighted by Crippen LogP contribution is 2.28. The Kier molecular flexibility index (Phi) is 2.26. The number of halogens is 2. The maximum absolute atomic E-state index is 12.8. The number of fused-ring (bicyclic) bond motifs is 1. The number of hydrogen-bond donors (Lipinski definition) is 2.